The normalized spacial score (nSPS) is 24.8. The summed E-state index contributed by atoms with van der Waals surface area (Å²) in [6.45, 7) is 3.75. The fourth-order valence-electron chi connectivity index (χ4n) is 3.43. The minimum atomic E-state index is 0.0700. The van der Waals surface area contributed by atoms with Crippen LogP contribution in [0.25, 0.3) is 0 Å². The van der Waals surface area contributed by atoms with E-state index in [0.717, 1.165) is 58.4 Å². The molecule has 0 unspecified atom stereocenters. The number of ether oxygens (including phenoxy) is 2. The predicted octanol–water partition coefficient (Wildman–Crippen LogP) is 2.66. The van der Waals surface area contributed by atoms with Crippen molar-refractivity contribution >= 4 is 5.91 Å². The zero-order valence-corrected chi connectivity index (χ0v) is 13.8. The summed E-state index contributed by atoms with van der Waals surface area (Å²) < 4.78 is 11.4. The Kier molecular flexibility index (Phi) is 6.06. The number of aryl methyl sites for hydroxylation is 1. The highest BCUT2D eigenvalue weighted by Crippen LogP contribution is 2.21. The molecule has 0 spiro atoms. The molecule has 4 heteroatoms. The maximum atomic E-state index is 12.5. The minimum absolute atomic E-state index is 0.0700. The molecule has 0 aromatic heterocycles. The highest BCUT2D eigenvalue weighted by Gasteiger charge is 2.32. The lowest BCUT2D eigenvalue weighted by Crippen LogP contribution is -2.38. The summed E-state index contributed by atoms with van der Waals surface area (Å²) in [6.07, 6.45) is 5.23. The molecular weight excluding hydrogens is 290 g/mol. The van der Waals surface area contributed by atoms with Gasteiger partial charge in [-0.15, -0.1) is 0 Å². The minimum Gasteiger partial charge on any atom is -0.381 e. The molecule has 1 aromatic rings. The third-order valence-corrected chi connectivity index (χ3v) is 4.77. The first-order valence-electron chi connectivity index (χ1n) is 8.85. The van der Waals surface area contributed by atoms with Gasteiger partial charge in [0.15, 0.2) is 0 Å². The van der Waals surface area contributed by atoms with E-state index in [1.807, 2.05) is 11.0 Å². The number of carbonyl (C=O) groups is 1. The number of carbonyl (C=O) groups excluding carboxylic acids is 1. The lowest BCUT2D eigenvalue weighted by molar-refractivity contribution is -0.139. The second-order valence-electron chi connectivity index (χ2n) is 6.57. The van der Waals surface area contributed by atoms with Crippen molar-refractivity contribution in [2.45, 2.75) is 38.2 Å². The van der Waals surface area contributed by atoms with E-state index in [1.165, 1.54) is 5.56 Å². The van der Waals surface area contributed by atoms with Gasteiger partial charge >= 0.3 is 0 Å². The van der Waals surface area contributed by atoms with Gasteiger partial charge in [-0.25, -0.2) is 0 Å². The van der Waals surface area contributed by atoms with Crippen LogP contribution in [0.1, 0.15) is 31.2 Å². The van der Waals surface area contributed by atoms with Crippen LogP contribution in [0.2, 0.25) is 0 Å². The number of hydrogen-bond acceptors (Lipinski definition) is 3. The van der Waals surface area contributed by atoms with Crippen molar-refractivity contribution in [2.75, 3.05) is 32.9 Å². The van der Waals surface area contributed by atoms with Gasteiger partial charge in [0.1, 0.15) is 0 Å². The monoisotopic (exact) mass is 317 g/mol. The number of benzene rings is 1. The molecule has 0 aliphatic carbocycles. The van der Waals surface area contributed by atoms with Crippen LogP contribution in [0.3, 0.4) is 0 Å². The summed E-state index contributed by atoms with van der Waals surface area (Å²) >= 11 is 0. The van der Waals surface area contributed by atoms with E-state index in [1.54, 1.807) is 0 Å². The molecule has 0 saturated carbocycles. The fraction of sp³-hybridized carbons (Fsp3) is 0.632. The van der Waals surface area contributed by atoms with Gasteiger partial charge in [-0.05, 0) is 37.7 Å². The van der Waals surface area contributed by atoms with Crippen molar-refractivity contribution in [1.82, 2.24) is 4.90 Å². The van der Waals surface area contributed by atoms with Crippen LogP contribution < -0.4 is 0 Å². The molecule has 3 rings (SSSR count). The maximum Gasteiger partial charge on any atom is 0.228 e. The lowest BCUT2D eigenvalue weighted by atomic mass is 10.0. The molecule has 2 saturated heterocycles. The molecule has 126 valence electrons. The van der Waals surface area contributed by atoms with E-state index in [4.69, 9.17) is 9.47 Å². The van der Waals surface area contributed by atoms with Crippen molar-refractivity contribution in [3.63, 3.8) is 0 Å². The Morgan fingerprint density at radius 1 is 1.26 bits per heavy atom. The quantitative estimate of drug-likeness (QED) is 0.757. The first-order valence-corrected chi connectivity index (χ1v) is 8.85. The van der Waals surface area contributed by atoms with E-state index in [2.05, 4.69) is 24.3 Å². The predicted molar refractivity (Wildman–Crippen MR) is 89.2 cm³/mol. The van der Waals surface area contributed by atoms with E-state index in [0.29, 0.717) is 6.61 Å². The lowest BCUT2D eigenvalue weighted by Gasteiger charge is -2.26. The largest absolute Gasteiger partial charge is 0.381 e. The van der Waals surface area contributed by atoms with Crippen molar-refractivity contribution in [3.05, 3.63) is 35.9 Å². The maximum absolute atomic E-state index is 12.5. The zero-order valence-electron chi connectivity index (χ0n) is 13.8. The molecule has 2 heterocycles. The molecule has 0 bridgehead atoms. The van der Waals surface area contributed by atoms with Crippen LogP contribution in [-0.4, -0.2) is 49.8 Å². The number of likely N-dealkylation sites (tertiary alicyclic amines) is 1. The van der Waals surface area contributed by atoms with Gasteiger partial charge in [0.25, 0.3) is 0 Å². The van der Waals surface area contributed by atoms with E-state index in [9.17, 15) is 4.79 Å². The summed E-state index contributed by atoms with van der Waals surface area (Å²) in [5.74, 6) is 0.334. The fourth-order valence-corrected chi connectivity index (χ4v) is 3.43. The second kappa shape index (κ2) is 8.46. The Morgan fingerprint density at radius 3 is 2.91 bits per heavy atom. The molecule has 1 aromatic carbocycles. The van der Waals surface area contributed by atoms with E-state index in [-0.39, 0.29) is 17.9 Å². The van der Waals surface area contributed by atoms with Gasteiger partial charge in [0.05, 0.1) is 18.6 Å². The number of hydrogen-bond donors (Lipinski definition) is 0. The Labute approximate surface area is 138 Å². The molecule has 2 aliphatic rings. The molecule has 2 aliphatic heterocycles. The Morgan fingerprint density at radius 2 is 2.13 bits per heavy atom. The van der Waals surface area contributed by atoms with Crippen LogP contribution in [0.5, 0.6) is 0 Å². The SMILES string of the molecule is O=C([C@H]1CCCOC1)N1CC[C@H](OCCCc2ccccc2)C1. The summed E-state index contributed by atoms with van der Waals surface area (Å²) in [5.41, 5.74) is 1.36. The zero-order chi connectivity index (χ0) is 15.9. The first-order chi connectivity index (χ1) is 11.3. The molecular formula is C19H27NO3. The van der Waals surface area contributed by atoms with Gasteiger partial charge in [0.2, 0.25) is 5.91 Å². The molecule has 1 amide bonds. The van der Waals surface area contributed by atoms with Crippen LogP contribution in [0.15, 0.2) is 30.3 Å². The third-order valence-electron chi connectivity index (χ3n) is 4.77. The highest BCUT2D eigenvalue weighted by molar-refractivity contribution is 5.79. The average Bonchev–Trinajstić information content (AvgIpc) is 3.09. The molecule has 23 heavy (non-hydrogen) atoms. The Hall–Kier alpha value is -1.39. The molecule has 2 fully saturated rings. The van der Waals surface area contributed by atoms with Crippen LogP contribution in [-0.2, 0) is 20.7 Å². The summed E-state index contributed by atoms with van der Waals surface area (Å²) in [7, 11) is 0. The van der Waals surface area contributed by atoms with Gasteiger partial charge < -0.3 is 14.4 Å². The molecule has 2 atom stereocenters. The van der Waals surface area contributed by atoms with E-state index < -0.39 is 0 Å². The molecule has 0 N–H and O–H groups in total. The van der Waals surface area contributed by atoms with Gasteiger partial charge in [-0.3, -0.25) is 4.79 Å². The van der Waals surface area contributed by atoms with Crippen molar-refractivity contribution in [1.29, 1.82) is 0 Å². The van der Waals surface area contributed by atoms with Gasteiger partial charge in [-0.1, -0.05) is 30.3 Å². The van der Waals surface area contributed by atoms with Crippen LogP contribution in [0, 0.1) is 5.92 Å². The Bertz CT molecular complexity index is 485. The van der Waals surface area contributed by atoms with Gasteiger partial charge in [0, 0.05) is 26.3 Å². The van der Waals surface area contributed by atoms with E-state index >= 15 is 0 Å². The van der Waals surface area contributed by atoms with Crippen molar-refractivity contribution < 1.29 is 14.3 Å². The van der Waals surface area contributed by atoms with Gasteiger partial charge in [-0.2, -0.15) is 0 Å². The summed E-state index contributed by atoms with van der Waals surface area (Å²) in [5, 5.41) is 0. The average molecular weight is 317 g/mol. The van der Waals surface area contributed by atoms with Crippen molar-refractivity contribution in [3.8, 4) is 0 Å². The third kappa shape index (κ3) is 4.79. The number of amides is 1. The smallest absolute Gasteiger partial charge is 0.228 e. The number of rotatable bonds is 6. The molecule has 4 nitrogen and oxygen atoms in total. The summed E-state index contributed by atoms with van der Waals surface area (Å²) in [6, 6.07) is 10.5. The Balaban J connectivity index is 1.34. The summed E-state index contributed by atoms with van der Waals surface area (Å²) in [4.78, 5) is 14.4. The molecule has 0 radical (unpaired) electrons. The van der Waals surface area contributed by atoms with Crippen LogP contribution >= 0.6 is 0 Å². The highest BCUT2D eigenvalue weighted by atomic mass is 16.5. The topological polar surface area (TPSA) is 38.8 Å². The van der Waals surface area contributed by atoms with Crippen molar-refractivity contribution in [2.24, 2.45) is 5.92 Å². The standard InChI is InChI=1S/C19H27NO3/c21-19(17-9-5-12-22-15-17)20-11-10-18(14-20)23-13-4-8-16-6-2-1-3-7-16/h1-3,6-7,17-18H,4-5,8-15H2/t17-,18-/m0/s1. The number of nitrogens with zero attached hydrogens (tertiary/aromatic N) is 1. The first kappa shape index (κ1) is 16.5. The van der Waals surface area contributed by atoms with Crippen LogP contribution in [0.4, 0.5) is 0 Å². The second-order valence-corrected chi connectivity index (χ2v) is 6.57.